The molecule has 0 aliphatic rings. The summed E-state index contributed by atoms with van der Waals surface area (Å²) in [5.41, 5.74) is 0. The van der Waals surface area contributed by atoms with E-state index in [-0.39, 0.29) is 5.97 Å². The van der Waals surface area contributed by atoms with Crippen molar-refractivity contribution in [3.63, 3.8) is 0 Å². The van der Waals surface area contributed by atoms with Crippen LogP contribution in [0.4, 0.5) is 0 Å². The van der Waals surface area contributed by atoms with Crippen LogP contribution in [0.1, 0.15) is 65.2 Å². The van der Waals surface area contributed by atoms with Gasteiger partial charge in [0.2, 0.25) is 0 Å². The van der Waals surface area contributed by atoms with Gasteiger partial charge in [-0.1, -0.05) is 32.6 Å². The molecular formula is C16H33N3O2. The maximum Gasteiger partial charge on any atom is 0.305 e. The van der Waals surface area contributed by atoms with E-state index < -0.39 is 0 Å². The van der Waals surface area contributed by atoms with E-state index in [1.54, 1.807) is 7.05 Å². The minimum absolute atomic E-state index is 0.124. The van der Waals surface area contributed by atoms with Gasteiger partial charge in [0.1, 0.15) is 0 Å². The number of guanidine groups is 1. The summed E-state index contributed by atoms with van der Waals surface area (Å²) in [5.74, 6) is 0.744. The van der Waals surface area contributed by atoms with E-state index in [4.69, 9.17) is 0 Å². The second-order valence-electron chi connectivity index (χ2n) is 5.43. The number of rotatable bonds is 11. The van der Waals surface area contributed by atoms with Crippen LogP contribution in [0.5, 0.6) is 0 Å². The van der Waals surface area contributed by atoms with Gasteiger partial charge in [0.25, 0.3) is 0 Å². The summed E-state index contributed by atoms with van der Waals surface area (Å²) < 4.78 is 4.61. The van der Waals surface area contributed by atoms with Crippen LogP contribution in [0, 0.1) is 0 Å². The van der Waals surface area contributed by atoms with E-state index in [0.717, 1.165) is 31.8 Å². The molecule has 0 spiro atoms. The fraction of sp³-hybridized carbons (Fsp3) is 0.875. The Kier molecular flexibility index (Phi) is 12.9. The standard InChI is InChI=1S/C16H33N3O2/c1-5-6-8-11-14(2)19-16(17-3)18-13-10-7-9-12-15(20)21-4/h14H,5-13H2,1-4H3,(H2,17,18,19). The largest absolute Gasteiger partial charge is 0.469 e. The van der Waals surface area contributed by atoms with Crippen molar-refractivity contribution in [2.45, 2.75) is 71.3 Å². The third kappa shape index (κ3) is 12.2. The van der Waals surface area contributed by atoms with E-state index >= 15 is 0 Å². The summed E-state index contributed by atoms with van der Waals surface area (Å²) in [6.07, 6.45) is 8.42. The number of carbonyl (C=O) groups excluding carboxylic acids is 1. The predicted octanol–water partition coefficient (Wildman–Crippen LogP) is 2.85. The van der Waals surface area contributed by atoms with Crippen molar-refractivity contribution in [1.29, 1.82) is 0 Å². The Bertz CT molecular complexity index is 293. The molecular weight excluding hydrogens is 266 g/mol. The van der Waals surface area contributed by atoms with Gasteiger partial charge in [0.15, 0.2) is 5.96 Å². The smallest absolute Gasteiger partial charge is 0.305 e. The first kappa shape index (κ1) is 19.7. The van der Waals surface area contributed by atoms with Crippen molar-refractivity contribution in [3.05, 3.63) is 0 Å². The first-order valence-electron chi connectivity index (χ1n) is 8.18. The molecule has 2 N–H and O–H groups in total. The molecule has 0 radical (unpaired) electrons. The molecule has 5 nitrogen and oxygen atoms in total. The fourth-order valence-electron chi connectivity index (χ4n) is 2.08. The van der Waals surface area contributed by atoms with Gasteiger partial charge in [-0.15, -0.1) is 0 Å². The number of aliphatic imine (C=N–C) groups is 1. The van der Waals surface area contributed by atoms with E-state index in [9.17, 15) is 4.79 Å². The molecule has 0 aliphatic carbocycles. The third-order valence-corrected chi connectivity index (χ3v) is 3.43. The van der Waals surface area contributed by atoms with Gasteiger partial charge in [0, 0.05) is 26.1 Å². The van der Waals surface area contributed by atoms with Crippen molar-refractivity contribution in [1.82, 2.24) is 10.6 Å². The lowest BCUT2D eigenvalue weighted by molar-refractivity contribution is -0.140. The van der Waals surface area contributed by atoms with Crippen molar-refractivity contribution < 1.29 is 9.53 Å². The van der Waals surface area contributed by atoms with Gasteiger partial charge in [-0.2, -0.15) is 0 Å². The second kappa shape index (κ2) is 13.7. The van der Waals surface area contributed by atoms with Crippen LogP contribution in [0.3, 0.4) is 0 Å². The lowest BCUT2D eigenvalue weighted by atomic mass is 10.1. The molecule has 124 valence electrons. The monoisotopic (exact) mass is 299 g/mol. The van der Waals surface area contributed by atoms with Crippen LogP contribution in [-0.2, 0) is 9.53 Å². The highest BCUT2D eigenvalue weighted by molar-refractivity contribution is 5.79. The maximum atomic E-state index is 11.0. The zero-order valence-corrected chi connectivity index (χ0v) is 14.2. The quantitative estimate of drug-likeness (QED) is 0.266. The summed E-state index contributed by atoms with van der Waals surface area (Å²) in [6, 6.07) is 0.446. The van der Waals surface area contributed by atoms with E-state index in [1.165, 1.54) is 32.8 Å². The molecule has 0 saturated carbocycles. The van der Waals surface area contributed by atoms with Gasteiger partial charge in [0.05, 0.1) is 7.11 Å². The minimum atomic E-state index is -0.124. The van der Waals surface area contributed by atoms with Crippen molar-refractivity contribution in [3.8, 4) is 0 Å². The summed E-state index contributed by atoms with van der Waals surface area (Å²) >= 11 is 0. The summed E-state index contributed by atoms with van der Waals surface area (Å²) in [4.78, 5) is 15.2. The normalized spacial score (nSPS) is 12.9. The maximum absolute atomic E-state index is 11.0. The number of methoxy groups -OCH3 is 1. The average molecular weight is 299 g/mol. The van der Waals surface area contributed by atoms with Crippen LogP contribution in [0.25, 0.3) is 0 Å². The zero-order chi connectivity index (χ0) is 15.9. The number of unbranched alkanes of at least 4 members (excludes halogenated alkanes) is 4. The SMILES string of the molecule is CCCCCC(C)NC(=NC)NCCCCCC(=O)OC. The third-order valence-electron chi connectivity index (χ3n) is 3.43. The number of esters is 1. The topological polar surface area (TPSA) is 62.7 Å². The number of nitrogens with zero attached hydrogens (tertiary/aromatic N) is 1. The zero-order valence-electron chi connectivity index (χ0n) is 14.2. The molecule has 21 heavy (non-hydrogen) atoms. The lowest BCUT2D eigenvalue weighted by Crippen LogP contribution is -2.42. The van der Waals surface area contributed by atoms with Gasteiger partial charge in [-0.05, 0) is 26.2 Å². The van der Waals surface area contributed by atoms with Crippen molar-refractivity contribution in [2.24, 2.45) is 4.99 Å². The van der Waals surface area contributed by atoms with Crippen LogP contribution in [0.15, 0.2) is 4.99 Å². The Morgan fingerprint density at radius 3 is 2.57 bits per heavy atom. The van der Waals surface area contributed by atoms with Crippen molar-refractivity contribution in [2.75, 3.05) is 20.7 Å². The Morgan fingerprint density at radius 2 is 1.95 bits per heavy atom. The van der Waals surface area contributed by atoms with Gasteiger partial charge in [-0.3, -0.25) is 9.79 Å². The molecule has 1 unspecified atom stereocenters. The first-order chi connectivity index (χ1) is 10.1. The van der Waals surface area contributed by atoms with E-state index in [0.29, 0.717) is 12.5 Å². The molecule has 0 rings (SSSR count). The van der Waals surface area contributed by atoms with E-state index in [2.05, 4.69) is 34.2 Å². The molecule has 0 bridgehead atoms. The molecule has 0 aromatic rings. The van der Waals surface area contributed by atoms with Crippen LogP contribution in [0.2, 0.25) is 0 Å². The fourth-order valence-corrected chi connectivity index (χ4v) is 2.08. The number of hydrogen-bond acceptors (Lipinski definition) is 3. The molecule has 5 heteroatoms. The molecule has 1 atom stereocenters. The molecule has 0 aliphatic heterocycles. The lowest BCUT2D eigenvalue weighted by Gasteiger charge is -2.17. The van der Waals surface area contributed by atoms with E-state index in [1.807, 2.05) is 0 Å². The molecule has 0 aromatic heterocycles. The number of ether oxygens (including phenoxy) is 1. The summed E-state index contributed by atoms with van der Waals surface area (Å²) in [6.45, 7) is 5.29. The first-order valence-corrected chi connectivity index (χ1v) is 8.18. The van der Waals surface area contributed by atoms with Crippen LogP contribution < -0.4 is 10.6 Å². The molecule has 0 heterocycles. The number of carbonyl (C=O) groups is 1. The molecule has 0 fully saturated rings. The minimum Gasteiger partial charge on any atom is -0.469 e. The van der Waals surface area contributed by atoms with Gasteiger partial charge >= 0.3 is 5.97 Å². The Balaban J connectivity index is 3.64. The molecule has 0 amide bonds. The number of nitrogens with one attached hydrogen (secondary N) is 2. The van der Waals surface area contributed by atoms with Gasteiger partial charge < -0.3 is 15.4 Å². The highest BCUT2D eigenvalue weighted by atomic mass is 16.5. The number of hydrogen-bond donors (Lipinski definition) is 2. The van der Waals surface area contributed by atoms with Gasteiger partial charge in [-0.25, -0.2) is 0 Å². The predicted molar refractivity (Wildman–Crippen MR) is 88.6 cm³/mol. The second-order valence-corrected chi connectivity index (χ2v) is 5.43. The van der Waals surface area contributed by atoms with Crippen molar-refractivity contribution >= 4 is 11.9 Å². The Labute approximate surface area is 129 Å². The Hall–Kier alpha value is -1.26. The highest BCUT2D eigenvalue weighted by Gasteiger charge is 2.04. The summed E-state index contributed by atoms with van der Waals surface area (Å²) in [5, 5.41) is 6.72. The highest BCUT2D eigenvalue weighted by Crippen LogP contribution is 2.03. The molecule has 0 aromatic carbocycles. The molecule has 0 saturated heterocycles. The average Bonchev–Trinajstić information content (AvgIpc) is 2.49. The van der Waals surface area contributed by atoms with Crippen LogP contribution in [-0.4, -0.2) is 38.7 Å². The summed E-state index contributed by atoms with van der Waals surface area (Å²) in [7, 11) is 3.23. The van der Waals surface area contributed by atoms with Crippen LogP contribution >= 0.6 is 0 Å². The Morgan fingerprint density at radius 1 is 1.19 bits per heavy atom.